The number of rotatable bonds is 3. The minimum absolute atomic E-state index is 0.197. The number of aliphatic hydroxyl groups excluding tert-OH is 1. The molecule has 0 aliphatic heterocycles. The van der Waals surface area contributed by atoms with Crippen LogP contribution in [0.4, 0.5) is 5.69 Å². The fourth-order valence-corrected chi connectivity index (χ4v) is 1.22. The van der Waals surface area contributed by atoms with Crippen molar-refractivity contribution in [3.05, 3.63) is 41.2 Å². The summed E-state index contributed by atoms with van der Waals surface area (Å²) >= 11 is 0. The smallest absolute Gasteiger partial charge is 0.187 e. The lowest BCUT2D eigenvalue weighted by Crippen LogP contribution is -2.04. The van der Waals surface area contributed by atoms with Gasteiger partial charge in [-0.15, -0.1) is 0 Å². The zero-order chi connectivity index (χ0) is 9.68. The van der Waals surface area contributed by atoms with Gasteiger partial charge in [-0.1, -0.05) is 36.8 Å². The molecule has 1 rings (SSSR count). The lowest BCUT2D eigenvalue weighted by atomic mass is 10.0. The fourth-order valence-electron chi connectivity index (χ4n) is 1.22. The third kappa shape index (κ3) is 2.89. The molecule has 0 aliphatic carbocycles. The van der Waals surface area contributed by atoms with Crippen LogP contribution in [0, 0.1) is 12.5 Å². The SMILES string of the molecule is [C-]#[N+]c1cccc(C[C@H](C)CO)c1. The Balaban J connectivity index is 2.73. The summed E-state index contributed by atoms with van der Waals surface area (Å²) in [5.41, 5.74) is 1.79. The molecule has 0 unspecified atom stereocenters. The van der Waals surface area contributed by atoms with Crippen LogP contribution in [0.1, 0.15) is 12.5 Å². The monoisotopic (exact) mass is 175 g/mol. The van der Waals surface area contributed by atoms with Crippen LogP contribution in [0.5, 0.6) is 0 Å². The summed E-state index contributed by atoms with van der Waals surface area (Å²) in [6.45, 7) is 9.03. The second-order valence-corrected chi connectivity index (χ2v) is 3.27. The molecule has 0 aliphatic rings. The Bertz CT molecular complexity index is 314. The van der Waals surface area contributed by atoms with Crippen LogP contribution in [0.2, 0.25) is 0 Å². The van der Waals surface area contributed by atoms with Gasteiger partial charge in [-0.25, -0.2) is 4.85 Å². The quantitative estimate of drug-likeness (QED) is 0.701. The summed E-state index contributed by atoms with van der Waals surface area (Å²) in [5, 5.41) is 8.86. The van der Waals surface area contributed by atoms with E-state index in [9.17, 15) is 0 Å². The van der Waals surface area contributed by atoms with Crippen molar-refractivity contribution in [3.63, 3.8) is 0 Å². The molecule has 0 bridgehead atoms. The van der Waals surface area contributed by atoms with Gasteiger partial charge in [0.1, 0.15) is 0 Å². The zero-order valence-corrected chi connectivity index (χ0v) is 7.70. The highest BCUT2D eigenvalue weighted by Gasteiger charge is 2.01. The lowest BCUT2D eigenvalue weighted by Gasteiger charge is -2.07. The van der Waals surface area contributed by atoms with Crippen molar-refractivity contribution in [1.29, 1.82) is 0 Å². The maximum atomic E-state index is 8.86. The number of hydrogen-bond acceptors (Lipinski definition) is 1. The van der Waals surface area contributed by atoms with Gasteiger partial charge in [-0.3, -0.25) is 0 Å². The van der Waals surface area contributed by atoms with E-state index in [4.69, 9.17) is 11.7 Å². The van der Waals surface area contributed by atoms with E-state index in [1.54, 1.807) is 6.07 Å². The molecule has 0 saturated heterocycles. The van der Waals surface area contributed by atoms with E-state index in [0.717, 1.165) is 12.0 Å². The first-order valence-corrected chi connectivity index (χ1v) is 4.33. The van der Waals surface area contributed by atoms with Crippen LogP contribution in [-0.4, -0.2) is 11.7 Å². The predicted molar refractivity (Wildman–Crippen MR) is 52.7 cm³/mol. The van der Waals surface area contributed by atoms with Gasteiger partial charge >= 0.3 is 0 Å². The summed E-state index contributed by atoms with van der Waals surface area (Å²) < 4.78 is 0. The molecular weight excluding hydrogens is 162 g/mol. The standard InChI is InChI=1S/C11H13NO/c1-9(8-13)6-10-4-3-5-11(7-10)12-2/h3-5,7,9,13H,6,8H2,1H3/t9-/m0/s1. The second-order valence-electron chi connectivity index (χ2n) is 3.27. The summed E-state index contributed by atoms with van der Waals surface area (Å²) in [6, 6.07) is 7.53. The Morgan fingerprint density at radius 1 is 1.54 bits per heavy atom. The van der Waals surface area contributed by atoms with Gasteiger partial charge < -0.3 is 5.11 Å². The maximum Gasteiger partial charge on any atom is 0.187 e. The predicted octanol–water partition coefficient (Wildman–Crippen LogP) is 2.41. The van der Waals surface area contributed by atoms with E-state index >= 15 is 0 Å². The topological polar surface area (TPSA) is 24.6 Å². The van der Waals surface area contributed by atoms with Crippen molar-refractivity contribution in [2.24, 2.45) is 5.92 Å². The molecule has 2 nitrogen and oxygen atoms in total. The van der Waals surface area contributed by atoms with Crippen molar-refractivity contribution < 1.29 is 5.11 Å². The van der Waals surface area contributed by atoms with Gasteiger partial charge in [0.15, 0.2) is 5.69 Å². The minimum Gasteiger partial charge on any atom is -0.396 e. The average molecular weight is 175 g/mol. The van der Waals surface area contributed by atoms with Crippen LogP contribution < -0.4 is 0 Å². The molecule has 0 saturated carbocycles. The average Bonchev–Trinajstić information content (AvgIpc) is 2.18. The van der Waals surface area contributed by atoms with Gasteiger partial charge in [-0.2, -0.15) is 0 Å². The molecule has 68 valence electrons. The normalized spacial score (nSPS) is 12.1. The first kappa shape index (κ1) is 9.76. The van der Waals surface area contributed by atoms with Crippen LogP contribution in [0.3, 0.4) is 0 Å². The molecular formula is C11H13NO. The highest BCUT2D eigenvalue weighted by atomic mass is 16.3. The second kappa shape index (κ2) is 4.64. The van der Waals surface area contributed by atoms with E-state index in [-0.39, 0.29) is 12.5 Å². The van der Waals surface area contributed by atoms with Gasteiger partial charge in [0, 0.05) is 6.61 Å². The maximum absolute atomic E-state index is 8.86. The lowest BCUT2D eigenvalue weighted by molar-refractivity contribution is 0.237. The van der Waals surface area contributed by atoms with Crippen molar-refractivity contribution >= 4 is 5.69 Å². The van der Waals surface area contributed by atoms with Crippen molar-refractivity contribution in [2.45, 2.75) is 13.3 Å². The molecule has 1 aromatic carbocycles. The van der Waals surface area contributed by atoms with E-state index in [2.05, 4.69) is 4.85 Å². The summed E-state index contributed by atoms with van der Waals surface area (Å²) in [5.74, 6) is 0.265. The van der Waals surface area contributed by atoms with Crippen molar-refractivity contribution in [1.82, 2.24) is 0 Å². The summed E-state index contributed by atoms with van der Waals surface area (Å²) in [7, 11) is 0. The number of nitrogens with zero attached hydrogens (tertiary/aromatic N) is 1. The Hall–Kier alpha value is -1.33. The number of benzene rings is 1. The number of hydrogen-bond donors (Lipinski definition) is 1. The highest BCUT2D eigenvalue weighted by molar-refractivity contribution is 5.46. The van der Waals surface area contributed by atoms with E-state index < -0.39 is 0 Å². The molecule has 0 spiro atoms. The first-order valence-electron chi connectivity index (χ1n) is 4.33. The van der Waals surface area contributed by atoms with Crippen LogP contribution in [-0.2, 0) is 6.42 Å². The molecule has 1 N–H and O–H groups in total. The first-order chi connectivity index (χ1) is 6.26. The number of aliphatic hydroxyl groups is 1. The Morgan fingerprint density at radius 2 is 2.31 bits per heavy atom. The Morgan fingerprint density at radius 3 is 2.92 bits per heavy atom. The largest absolute Gasteiger partial charge is 0.396 e. The summed E-state index contributed by atoms with van der Waals surface area (Å²) in [4.78, 5) is 3.35. The van der Waals surface area contributed by atoms with Gasteiger partial charge in [0.2, 0.25) is 0 Å². The third-order valence-electron chi connectivity index (χ3n) is 1.94. The fraction of sp³-hybridized carbons (Fsp3) is 0.364. The Kier molecular flexibility index (Phi) is 3.48. The molecule has 0 aromatic heterocycles. The minimum atomic E-state index is 0.197. The van der Waals surface area contributed by atoms with Crippen molar-refractivity contribution in [3.8, 4) is 0 Å². The molecule has 1 atom stereocenters. The molecule has 0 fully saturated rings. The van der Waals surface area contributed by atoms with Gasteiger partial charge in [0.05, 0.1) is 6.57 Å². The molecule has 0 amide bonds. The highest BCUT2D eigenvalue weighted by Crippen LogP contribution is 2.16. The van der Waals surface area contributed by atoms with Crippen LogP contribution >= 0.6 is 0 Å². The summed E-state index contributed by atoms with van der Waals surface area (Å²) in [6.07, 6.45) is 0.833. The molecule has 13 heavy (non-hydrogen) atoms. The molecule has 0 heterocycles. The van der Waals surface area contributed by atoms with Crippen molar-refractivity contribution in [2.75, 3.05) is 6.61 Å². The van der Waals surface area contributed by atoms with E-state index in [1.807, 2.05) is 25.1 Å². The van der Waals surface area contributed by atoms with Gasteiger partial charge in [0.25, 0.3) is 0 Å². The zero-order valence-electron chi connectivity index (χ0n) is 7.70. The molecule has 1 aromatic rings. The van der Waals surface area contributed by atoms with Gasteiger partial charge in [-0.05, 0) is 12.3 Å². The van der Waals surface area contributed by atoms with E-state index in [1.165, 1.54) is 0 Å². The molecule has 0 radical (unpaired) electrons. The van der Waals surface area contributed by atoms with Crippen LogP contribution in [0.25, 0.3) is 4.85 Å². The van der Waals surface area contributed by atoms with E-state index in [0.29, 0.717) is 5.69 Å². The third-order valence-corrected chi connectivity index (χ3v) is 1.94. The molecule has 2 heteroatoms. The Labute approximate surface area is 78.7 Å². The van der Waals surface area contributed by atoms with Crippen LogP contribution in [0.15, 0.2) is 24.3 Å².